The Labute approximate surface area is 85.5 Å². The predicted octanol–water partition coefficient (Wildman–Crippen LogP) is 1.49. The number of hydrogen-bond acceptors (Lipinski definition) is 3. The zero-order valence-corrected chi connectivity index (χ0v) is 9.44. The minimum Gasteiger partial charge on any atom is -0.395 e. The molecule has 2 unspecified atom stereocenters. The van der Waals surface area contributed by atoms with E-state index in [2.05, 4.69) is 18.5 Å². The third kappa shape index (κ3) is 4.34. The molecule has 78 valence electrons. The molecule has 2 atom stereocenters. The van der Waals surface area contributed by atoms with Gasteiger partial charge in [-0.1, -0.05) is 0 Å². The lowest BCUT2D eigenvalue weighted by atomic mass is 10.1. The van der Waals surface area contributed by atoms with E-state index in [1.807, 2.05) is 11.8 Å². The number of aliphatic hydroxyl groups is 1. The quantitative estimate of drug-likeness (QED) is 0.657. The molecule has 1 rings (SSSR count). The van der Waals surface area contributed by atoms with Gasteiger partial charge in [-0.25, -0.2) is 0 Å². The molecular formula is C10H21NOS. The first-order valence-corrected chi connectivity index (χ1v) is 6.53. The lowest BCUT2D eigenvalue weighted by molar-refractivity contribution is 0.226. The van der Waals surface area contributed by atoms with Gasteiger partial charge in [-0.2, -0.15) is 11.8 Å². The van der Waals surface area contributed by atoms with Crippen molar-refractivity contribution in [1.29, 1.82) is 0 Å². The molecule has 0 spiro atoms. The summed E-state index contributed by atoms with van der Waals surface area (Å²) >= 11 is 1.85. The van der Waals surface area contributed by atoms with Gasteiger partial charge in [0.25, 0.3) is 0 Å². The van der Waals surface area contributed by atoms with Crippen molar-refractivity contribution in [3.05, 3.63) is 0 Å². The largest absolute Gasteiger partial charge is 0.395 e. The van der Waals surface area contributed by atoms with E-state index in [0.717, 1.165) is 18.1 Å². The fourth-order valence-corrected chi connectivity index (χ4v) is 2.11. The maximum atomic E-state index is 9.13. The summed E-state index contributed by atoms with van der Waals surface area (Å²) in [6.07, 6.45) is 5.93. The average Bonchev–Trinajstić information content (AvgIpc) is 2.94. The normalized spacial score (nSPS) is 21.5. The first-order chi connectivity index (χ1) is 6.27. The predicted molar refractivity (Wildman–Crippen MR) is 59.2 cm³/mol. The molecule has 0 aromatic rings. The molecule has 1 aliphatic rings. The Morgan fingerprint density at radius 1 is 1.54 bits per heavy atom. The molecule has 3 heteroatoms. The Morgan fingerprint density at radius 2 is 2.23 bits per heavy atom. The van der Waals surface area contributed by atoms with Gasteiger partial charge in [0.2, 0.25) is 0 Å². The van der Waals surface area contributed by atoms with Crippen molar-refractivity contribution in [3.8, 4) is 0 Å². The van der Waals surface area contributed by atoms with Gasteiger partial charge in [-0.15, -0.1) is 0 Å². The van der Waals surface area contributed by atoms with Crippen LogP contribution in [0.25, 0.3) is 0 Å². The molecular weight excluding hydrogens is 182 g/mol. The van der Waals surface area contributed by atoms with Gasteiger partial charge < -0.3 is 10.4 Å². The third-order valence-corrected chi connectivity index (χ3v) is 3.36. The molecule has 0 radical (unpaired) electrons. The minimum absolute atomic E-state index is 0.275. The second-order valence-electron chi connectivity index (χ2n) is 3.95. The lowest BCUT2D eigenvalue weighted by Crippen LogP contribution is -2.40. The second kappa shape index (κ2) is 5.89. The Morgan fingerprint density at radius 3 is 2.69 bits per heavy atom. The zero-order chi connectivity index (χ0) is 9.68. The van der Waals surface area contributed by atoms with Gasteiger partial charge in [0.1, 0.15) is 0 Å². The van der Waals surface area contributed by atoms with E-state index in [-0.39, 0.29) is 6.61 Å². The fraction of sp³-hybridized carbons (Fsp3) is 1.00. The van der Waals surface area contributed by atoms with E-state index in [4.69, 9.17) is 5.11 Å². The number of thioether (sulfide) groups is 1. The highest BCUT2D eigenvalue weighted by molar-refractivity contribution is 7.98. The minimum atomic E-state index is 0.275. The Hall–Kier alpha value is 0.270. The lowest BCUT2D eigenvalue weighted by Gasteiger charge is -2.21. The van der Waals surface area contributed by atoms with E-state index in [0.29, 0.717) is 12.1 Å². The zero-order valence-electron chi connectivity index (χ0n) is 8.62. The van der Waals surface area contributed by atoms with E-state index in [1.165, 1.54) is 12.8 Å². The summed E-state index contributed by atoms with van der Waals surface area (Å²) in [5, 5.41) is 12.6. The molecule has 0 aromatic heterocycles. The average molecular weight is 203 g/mol. The third-order valence-electron chi connectivity index (χ3n) is 2.72. The van der Waals surface area contributed by atoms with Gasteiger partial charge in [0, 0.05) is 12.1 Å². The van der Waals surface area contributed by atoms with Crippen LogP contribution < -0.4 is 5.32 Å². The molecule has 0 heterocycles. The summed E-state index contributed by atoms with van der Waals surface area (Å²) in [7, 11) is 0. The standard InChI is InChI=1S/C10H21NOS/c1-8(9-3-4-9)11-10(7-12)5-6-13-2/h8-12H,3-7H2,1-2H3. The number of rotatable bonds is 7. The van der Waals surface area contributed by atoms with Crippen LogP contribution in [0, 0.1) is 5.92 Å². The van der Waals surface area contributed by atoms with E-state index in [9.17, 15) is 0 Å². The first kappa shape index (κ1) is 11.3. The highest BCUT2D eigenvalue weighted by Gasteiger charge is 2.28. The van der Waals surface area contributed by atoms with Gasteiger partial charge in [-0.3, -0.25) is 0 Å². The SMILES string of the molecule is CSCCC(CO)NC(C)C1CC1. The van der Waals surface area contributed by atoms with Crippen LogP contribution in [0.2, 0.25) is 0 Å². The van der Waals surface area contributed by atoms with Gasteiger partial charge in [0.05, 0.1) is 6.61 Å². The maximum Gasteiger partial charge on any atom is 0.0585 e. The van der Waals surface area contributed by atoms with Crippen molar-refractivity contribution in [2.45, 2.75) is 38.3 Å². The van der Waals surface area contributed by atoms with Crippen LogP contribution in [0.3, 0.4) is 0 Å². The van der Waals surface area contributed by atoms with Crippen LogP contribution in [-0.4, -0.2) is 35.8 Å². The summed E-state index contributed by atoms with van der Waals surface area (Å²) in [4.78, 5) is 0. The topological polar surface area (TPSA) is 32.3 Å². The molecule has 1 saturated carbocycles. The molecule has 0 saturated heterocycles. The smallest absolute Gasteiger partial charge is 0.0585 e. The highest BCUT2D eigenvalue weighted by atomic mass is 32.2. The molecule has 2 N–H and O–H groups in total. The molecule has 0 amide bonds. The number of aliphatic hydroxyl groups excluding tert-OH is 1. The summed E-state index contributed by atoms with van der Waals surface area (Å²) in [6, 6.07) is 0.905. The molecule has 1 fully saturated rings. The van der Waals surface area contributed by atoms with Crippen LogP contribution in [0.15, 0.2) is 0 Å². The van der Waals surface area contributed by atoms with Crippen molar-refractivity contribution < 1.29 is 5.11 Å². The van der Waals surface area contributed by atoms with E-state index >= 15 is 0 Å². The Kier molecular flexibility index (Phi) is 5.14. The van der Waals surface area contributed by atoms with Gasteiger partial charge in [0.15, 0.2) is 0 Å². The Bertz CT molecular complexity index is 139. The molecule has 0 bridgehead atoms. The van der Waals surface area contributed by atoms with Crippen molar-refractivity contribution in [2.24, 2.45) is 5.92 Å². The van der Waals surface area contributed by atoms with Crippen LogP contribution >= 0.6 is 11.8 Å². The van der Waals surface area contributed by atoms with E-state index < -0.39 is 0 Å². The van der Waals surface area contributed by atoms with Crippen LogP contribution in [-0.2, 0) is 0 Å². The number of nitrogens with one attached hydrogen (secondary N) is 1. The maximum absolute atomic E-state index is 9.13. The summed E-state index contributed by atoms with van der Waals surface area (Å²) in [6.45, 7) is 2.51. The first-order valence-electron chi connectivity index (χ1n) is 5.13. The van der Waals surface area contributed by atoms with Crippen LogP contribution in [0.5, 0.6) is 0 Å². The van der Waals surface area contributed by atoms with E-state index in [1.54, 1.807) is 0 Å². The van der Waals surface area contributed by atoms with Crippen molar-refractivity contribution in [3.63, 3.8) is 0 Å². The van der Waals surface area contributed by atoms with Gasteiger partial charge in [-0.05, 0) is 44.1 Å². The van der Waals surface area contributed by atoms with Crippen molar-refractivity contribution in [1.82, 2.24) is 5.32 Å². The number of hydrogen-bond donors (Lipinski definition) is 2. The monoisotopic (exact) mass is 203 g/mol. The van der Waals surface area contributed by atoms with Crippen molar-refractivity contribution >= 4 is 11.8 Å². The summed E-state index contributed by atoms with van der Waals surface area (Å²) in [5.74, 6) is 2.01. The summed E-state index contributed by atoms with van der Waals surface area (Å²) in [5.41, 5.74) is 0. The molecule has 0 aliphatic heterocycles. The second-order valence-corrected chi connectivity index (χ2v) is 4.94. The summed E-state index contributed by atoms with van der Waals surface area (Å²) < 4.78 is 0. The van der Waals surface area contributed by atoms with Gasteiger partial charge >= 0.3 is 0 Å². The Balaban J connectivity index is 2.13. The fourth-order valence-electron chi connectivity index (χ4n) is 1.59. The van der Waals surface area contributed by atoms with Crippen molar-refractivity contribution in [2.75, 3.05) is 18.6 Å². The molecule has 0 aromatic carbocycles. The molecule has 13 heavy (non-hydrogen) atoms. The highest BCUT2D eigenvalue weighted by Crippen LogP contribution is 2.32. The van der Waals surface area contributed by atoms with Crippen LogP contribution in [0.1, 0.15) is 26.2 Å². The van der Waals surface area contributed by atoms with Crippen LogP contribution in [0.4, 0.5) is 0 Å². The molecule has 1 aliphatic carbocycles. The molecule has 2 nitrogen and oxygen atoms in total.